The molecule has 0 aromatic heterocycles. The van der Waals surface area contributed by atoms with Gasteiger partial charge in [-0.3, -0.25) is 4.79 Å². The topological polar surface area (TPSA) is 56.8 Å². The van der Waals surface area contributed by atoms with Gasteiger partial charge in [0.25, 0.3) is 0 Å². The van der Waals surface area contributed by atoms with Gasteiger partial charge in [-0.2, -0.15) is 0 Å². The van der Waals surface area contributed by atoms with Gasteiger partial charge in [-0.1, -0.05) is 11.6 Å². The molecule has 0 saturated heterocycles. The molecule has 0 atom stereocenters. The Morgan fingerprint density at radius 2 is 1.81 bits per heavy atom. The fourth-order valence-corrected chi connectivity index (χ4v) is 3.25. The fraction of sp³-hybridized carbons (Fsp3) is 0.350. The molecule has 7 heteroatoms. The highest BCUT2D eigenvalue weighted by Gasteiger charge is 2.11. The molecule has 5 nitrogen and oxygen atoms in total. The third-order valence-electron chi connectivity index (χ3n) is 4.04. The first kappa shape index (κ1) is 21.4. The summed E-state index contributed by atoms with van der Waals surface area (Å²) in [6, 6.07) is 7.14. The van der Waals surface area contributed by atoms with Gasteiger partial charge in [-0.15, -0.1) is 0 Å². The third kappa shape index (κ3) is 5.53. The Hall–Kier alpha value is -1.92. The molecule has 0 radical (unpaired) electrons. The number of aryl methyl sites for hydroxylation is 1. The van der Waals surface area contributed by atoms with Crippen molar-refractivity contribution in [3.8, 4) is 17.2 Å². The monoisotopic (exact) mass is 455 g/mol. The Kier molecular flexibility index (Phi) is 7.80. The number of anilines is 1. The molecule has 0 unspecified atom stereocenters. The largest absolute Gasteiger partial charge is 0.493 e. The van der Waals surface area contributed by atoms with E-state index in [0.29, 0.717) is 36.6 Å². The van der Waals surface area contributed by atoms with Crippen molar-refractivity contribution in [3.63, 3.8) is 0 Å². The number of halogens is 2. The number of amides is 1. The normalized spacial score (nSPS) is 10.4. The van der Waals surface area contributed by atoms with Crippen molar-refractivity contribution in [2.45, 2.75) is 26.7 Å². The van der Waals surface area contributed by atoms with Crippen molar-refractivity contribution in [2.24, 2.45) is 0 Å². The quantitative estimate of drug-likeness (QED) is 0.530. The molecule has 0 bridgehead atoms. The number of ether oxygens (including phenoxy) is 3. The smallest absolute Gasteiger partial charge is 0.224 e. The summed E-state index contributed by atoms with van der Waals surface area (Å²) in [7, 11) is 3.12. The van der Waals surface area contributed by atoms with E-state index in [2.05, 4.69) is 21.2 Å². The predicted molar refractivity (Wildman–Crippen MR) is 112 cm³/mol. The van der Waals surface area contributed by atoms with Crippen molar-refractivity contribution in [2.75, 3.05) is 26.1 Å². The average molecular weight is 457 g/mol. The Morgan fingerprint density at radius 3 is 2.48 bits per heavy atom. The van der Waals surface area contributed by atoms with Crippen LogP contribution in [0.5, 0.6) is 17.2 Å². The molecule has 0 saturated carbocycles. The van der Waals surface area contributed by atoms with Crippen molar-refractivity contribution < 1.29 is 19.0 Å². The molecule has 2 rings (SSSR count). The predicted octanol–water partition coefficient (Wildman–Crippen LogP) is 5.53. The molecule has 0 aliphatic carbocycles. The summed E-state index contributed by atoms with van der Waals surface area (Å²) >= 11 is 9.73. The van der Waals surface area contributed by atoms with Crippen LogP contribution in [0.1, 0.15) is 24.0 Å². The van der Waals surface area contributed by atoms with Gasteiger partial charge in [0.2, 0.25) is 5.91 Å². The number of hydrogen-bond acceptors (Lipinski definition) is 4. The first-order valence-electron chi connectivity index (χ1n) is 8.47. The Bertz CT molecular complexity index is 826. The van der Waals surface area contributed by atoms with Gasteiger partial charge in [0.1, 0.15) is 5.75 Å². The van der Waals surface area contributed by atoms with Gasteiger partial charge in [0.05, 0.1) is 25.3 Å². The standard InChI is InChI=1S/C20H23BrClNO4/c1-12-10-17(19(21)13(2)20(12)22)27-9-5-6-18(24)23-14-7-8-15(25-3)16(11-14)26-4/h7-8,10-11H,5-6,9H2,1-4H3,(H,23,24). The number of rotatable bonds is 8. The molecule has 0 aliphatic heterocycles. The summed E-state index contributed by atoms with van der Waals surface area (Å²) < 4.78 is 17.1. The number of carbonyl (C=O) groups is 1. The molecule has 146 valence electrons. The van der Waals surface area contributed by atoms with Crippen molar-refractivity contribution in [1.29, 1.82) is 0 Å². The van der Waals surface area contributed by atoms with Gasteiger partial charge in [0.15, 0.2) is 11.5 Å². The van der Waals surface area contributed by atoms with Crippen LogP contribution in [-0.4, -0.2) is 26.7 Å². The fourth-order valence-electron chi connectivity index (χ4n) is 2.56. The molecule has 0 heterocycles. The lowest BCUT2D eigenvalue weighted by Crippen LogP contribution is -2.13. The number of hydrogen-bond donors (Lipinski definition) is 1. The van der Waals surface area contributed by atoms with E-state index in [0.717, 1.165) is 26.4 Å². The molecule has 27 heavy (non-hydrogen) atoms. The summed E-state index contributed by atoms with van der Waals surface area (Å²) in [4.78, 5) is 12.1. The first-order valence-corrected chi connectivity index (χ1v) is 9.64. The lowest BCUT2D eigenvalue weighted by molar-refractivity contribution is -0.116. The minimum Gasteiger partial charge on any atom is -0.493 e. The second-order valence-corrected chi connectivity index (χ2v) is 7.19. The minimum absolute atomic E-state index is 0.0895. The second-order valence-electron chi connectivity index (χ2n) is 6.01. The van der Waals surface area contributed by atoms with E-state index in [9.17, 15) is 4.79 Å². The van der Waals surface area contributed by atoms with Crippen LogP contribution in [0, 0.1) is 13.8 Å². The number of nitrogens with one attached hydrogen (secondary N) is 1. The van der Waals surface area contributed by atoms with E-state index in [1.165, 1.54) is 0 Å². The van der Waals surface area contributed by atoms with Gasteiger partial charge in [0, 0.05) is 23.2 Å². The number of benzene rings is 2. The highest BCUT2D eigenvalue weighted by atomic mass is 79.9. The number of carbonyl (C=O) groups excluding carboxylic acids is 1. The highest BCUT2D eigenvalue weighted by Crippen LogP contribution is 2.35. The Balaban J connectivity index is 1.85. The summed E-state index contributed by atoms with van der Waals surface area (Å²) in [5.41, 5.74) is 2.56. The van der Waals surface area contributed by atoms with Crippen molar-refractivity contribution >= 4 is 39.1 Å². The second kappa shape index (κ2) is 9.85. The van der Waals surface area contributed by atoms with Crippen LogP contribution in [0.2, 0.25) is 5.02 Å². The molecule has 0 aliphatic rings. The van der Waals surface area contributed by atoms with Crippen molar-refractivity contribution in [3.05, 3.63) is 44.9 Å². The number of methoxy groups -OCH3 is 2. The highest BCUT2D eigenvalue weighted by molar-refractivity contribution is 9.10. The molecule has 0 spiro atoms. The third-order valence-corrected chi connectivity index (χ3v) is 5.61. The van der Waals surface area contributed by atoms with E-state index in [1.807, 2.05) is 19.9 Å². The van der Waals surface area contributed by atoms with E-state index >= 15 is 0 Å². The van der Waals surface area contributed by atoms with Gasteiger partial charge < -0.3 is 19.5 Å². The summed E-state index contributed by atoms with van der Waals surface area (Å²) in [6.45, 7) is 4.30. The molecular weight excluding hydrogens is 434 g/mol. The molecule has 2 aromatic carbocycles. The summed E-state index contributed by atoms with van der Waals surface area (Å²) in [5, 5.41) is 3.57. The molecule has 0 fully saturated rings. The zero-order valence-corrected chi connectivity index (χ0v) is 18.2. The molecule has 1 N–H and O–H groups in total. The van der Waals surface area contributed by atoms with Gasteiger partial charge >= 0.3 is 0 Å². The van der Waals surface area contributed by atoms with Gasteiger partial charge in [-0.25, -0.2) is 0 Å². The van der Waals surface area contributed by atoms with Crippen LogP contribution in [0.15, 0.2) is 28.7 Å². The zero-order chi connectivity index (χ0) is 20.0. The van der Waals surface area contributed by atoms with Crippen molar-refractivity contribution in [1.82, 2.24) is 0 Å². The zero-order valence-electron chi connectivity index (χ0n) is 15.8. The molecule has 1 amide bonds. The maximum atomic E-state index is 12.1. The maximum absolute atomic E-state index is 12.1. The van der Waals surface area contributed by atoms with E-state index in [-0.39, 0.29) is 5.91 Å². The van der Waals surface area contributed by atoms with E-state index in [1.54, 1.807) is 32.4 Å². The average Bonchev–Trinajstić information content (AvgIpc) is 2.67. The SMILES string of the molecule is COc1ccc(NC(=O)CCCOc2cc(C)c(Cl)c(C)c2Br)cc1OC. The first-order chi connectivity index (χ1) is 12.9. The van der Waals surface area contributed by atoms with Crippen LogP contribution in [0.3, 0.4) is 0 Å². The Labute approximate surface area is 173 Å². The summed E-state index contributed by atoms with van der Waals surface area (Å²) in [5.74, 6) is 1.82. The van der Waals surface area contributed by atoms with Crippen LogP contribution < -0.4 is 19.5 Å². The van der Waals surface area contributed by atoms with Gasteiger partial charge in [-0.05, 0) is 65.5 Å². The van der Waals surface area contributed by atoms with Crippen LogP contribution in [0.4, 0.5) is 5.69 Å². The summed E-state index contributed by atoms with van der Waals surface area (Å²) in [6.07, 6.45) is 0.934. The molecule has 2 aromatic rings. The van der Waals surface area contributed by atoms with E-state index < -0.39 is 0 Å². The maximum Gasteiger partial charge on any atom is 0.224 e. The molecular formula is C20H23BrClNO4. The van der Waals surface area contributed by atoms with Crippen LogP contribution in [0.25, 0.3) is 0 Å². The van der Waals surface area contributed by atoms with E-state index in [4.69, 9.17) is 25.8 Å². The van der Waals surface area contributed by atoms with Crippen LogP contribution in [-0.2, 0) is 4.79 Å². The minimum atomic E-state index is -0.0895. The van der Waals surface area contributed by atoms with Crippen LogP contribution >= 0.6 is 27.5 Å². The Morgan fingerprint density at radius 1 is 1.11 bits per heavy atom. The lowest BCUT2D eigenvalue weighted by atomic mass is 10.1. The lowest BCUT2D eigenvalue weighted by Gasteiger charge is -2.13.